The fraction of sp³-hybridized carbons (Fsp3) is 0.0833. The van der Waals surface area contributed by atoms with Crippen LogP contribution in [0.15, 0.2) is 40.7 Å². The van der Waals surface area contributed by atoms with Crippen molar-refractivity contribution in [3.05, 3.63) is 52.3 Å². The van der Waals surface area contributed by atoms with Gasteiger partial charge in [0, 0.05) is 27.6 Å². The van der Waals surface area contributed by atoms with E-state index in [4.69, 9.17) is 5.53 Å². The van der Waals surface area contributed by atoms with Crippen molar-refractivity contribution in [3.63, 3.8) is 0 Å². The molecule has 1 aromatic carbocycles. The van der Waals surface area contributed by atoms with Crippen LogP contribution >= 0.6 is 0 Å². The molecule has 8 heteroatoms. The largest absolute Gasteiger partial charge is 0.361 e. The molecule has 0 atom stereocenters. The lowest BCUT2D eigenvalue weighted by atomic mass is 10.2. The Balaban J connectivity index is 2.02. The number of hydrogen-bond donors (Lipinski definition) is 1. The molecule has 8 nitrogen and oxygen atoms in total. The first kappa shape index (κ1) is 11.9. The Morgan fingerprint density at radius 3 is 3.05 bits per heavy atom. The minimum Gasteiger partial charge on any atom is -0.361 e. The zero-order chi connectivity index (χ0) is 13.9. The van der Waals surface area contributed by atoms with Crippen LogP contribution in [0, 0.1) is 6.92 Å². The van der Waals surface area contributed by atoms with Crippen molar-refractivity contribution in [2.45, 2.75) is 6.92 Å². The van der Waals surface area contributed by atoms with Crippen LogP contribution in [0.25, 0.3) is 21.3 Å². The van der Waals surface area contributed by atoms with E-state index in [0.717, 1.165) is 16.5 Å². The van der Waals surface area contributed by atoms with E-state index in [1.807, 2.05) is 30.5 Å². The number of fused-ring (bicyclic) bond motifs is 1. The van der Waals surface area contributed by atoms with Crippen LogP contribution in [-0.2, 0) is 0 Å². The summed E-state index contributed by atoms with van der Waals surface area (Å²) in [6.07, 6.45) is 3.53. The number of aromatic nitrogens is 4. The van der Waals surface area contributed by atoms with Crippen molar-refractivity contribution >= 4 is 23.1 Å². The molecule has 0 saturated carbocycles. The van der Waals surface area contributed by atoms with E-state index in [-0.39, 0.29) is 5.95 Å². The average Bonchev–Trinajstić information content (AvgIpc) is 3.02. The monoisotopic (exact) mass is 266 g/mol. The van der Waals surface area contributed by atoms with E-state index in [0.29, 0.717) is 5.82 Å². The second-order valence-corrected chi connectivity index (χ2v) is 4.08. The van der Waals surface area contributed by atoms with Crippen molar-refractivity contribution in [3.8, 4) is 0 Å². The molecule has 0 unspecified atom stereocenters. The van der Waals surface area contributed by atoms with Crippen molar-refractivity contribution in [2.24, 2.45) is 10.2 Å². The Morgan fingerprint density at radius 2 is 2.20 bits per heavy atom. The molecule has 3 aromatic rings. The quantitative estimate of drug-likeness (QED) is 0.340. The summed E-state index contributed by atoms with van der Waals surface area (Å²) < 4.78 is 1.39. The summed E-state index contributed by atoms with van der Waals surface area (Å²) in [4.78, 5) is 5.86. The van der Waals surface area contributed by atoms with E-state index in [9.17, 15) is 0 Å². The van der Waals surface area contributed by atoms with Crippen molar-refractivity contribution in [2.75, 3.05) is 0 Å². The van der Waals surface area contributed by atoms with Gasteiger partial charge in [-0.05, 0) is 23.6 Å². The van der Waals surface area contributed by atoms with E-state index in [1.54, 1.807) is 13.1 Å². The fourth-order valence-corrected chi connectivity index (χ4v) is 1.90. The molecule has 1 N–H and O–H groups in total. The van der Waals surface area contributed by atoms with Crippen LogP contribution in [0.1, 0.15) is 11.4 Å². The van der Waals surface area contributed by atoms with Crippen LogP contribution in [0.2, 0.25) is 0 Å². The van der Waals surface area contributed by atoms with Gasteiger partial charge >= 0.3 is 0 Å². The van der Waals surface area contributed by atoms with E-state index in [2.05, 4.69) is 30.3 Å². The van der Waals surface area contributed by atoms with Crippen LogP contribution in [0.3, 0.4) is 0 Å². The minimum atomic E-state index is 0.112. The Kier molecular flexibility index (Phi) is 2.91. The normalized spacial score (nSPS) is 11.1. The third kappa shape index (κ3) is 2.00. The van der Waals surface area contributed by atoms with Gasteiger partial charge in [-0.15, -0.1) is 10.2 Å². The first-order valence-corrected chi connectivity index (χ1v) is 5.87. The molecule has 0 saturated heterocycles. The highest BCUT2D eigenvalue weighted by Gasteiger charge is 2.05. The molecule has 0 aliphatic carbocycles. The van der Waals surface area contributed by atoms with Gasteiger partial charge in [-0.1, -0.05) is 18.2 Å². The van der Waals surface area contributed by atoms with E-state index < -0.39 is 0 Å². The molecular weight excluding hydrogens is 256 g/mol. The van der Waals surface area contributed by atoms with Crippen molar-refractivity contribution in [1.29, 1.82) is 0 Å². The minimum absolute atomic E-state index is 0.112. The summed E-state index contributed by atoms with van der Waals surface area (Å²) in [6.45, 7) is 1.73. The van der Waals surface area contributed by atoms with Crippen molar-refractivity contribution < 1.29 is 0 Å². The average molecular weight is 266 g/mol. The van der Waals surface area contributed by atoms with Gasteiger partial charge < -0.3 is 4.98 Å². The number of rotatable bonds is 3. The van der Waals surface area contributed by atoms with Crippen LogP contribution in [0.5, 0.6) is 0 Å². The zero-order valence-corrected chi connectivity index (χ0v) is 10.6. The maximum Gasteiger partial charge on any atom is 0.241 e. The first-order valence-electron chi connectivity index (χ1n) is 5.87. The van der Waals surface area contributed by atoms with Gasteiger partial charge in [0.25, 0.3) is 0 Å². The molecule has 0 aliphatic rings. The number of nitrogens with one attached hydrogen (secondary N) is 1. The second kappa shape index (κ2) is 4.87. The molecular formula is C12H10N8. The number of hydrogen-bond acceptors (Lipinski definition) is 4. The van der Waals surface area contributed by atoms with Crippen LogP contribution < -0.4 is 0 Å². The highest BCUT2D eigenvalue weighted by atomic mass is 15.5. The summed E-state index contributed by atoms with van der Waals surface area (Å²) in [5, 5.41) is 16.3. The molecule has 3 rings (SSSR count). The molecule has 2 heterocycles. The lowest BCUT2D eigenvalue weighted by molar-refractivity contribution is 0.832. The molecule has 0 bridgehead atoms. The SMILES string of the molecule is Cc1nnc(N=[N+]=[N-])n1/N=C\c1c[nH]c2ccccc12. The maximum absolute atomic E-state index is 8.47. The predicted octanol–water partition coefficient (Wildman–Crippen LogP) is 2.89. The highest BCUT2D eigenvalue weighted by Crippen LogP contribution is 2.16. The van der Waals surface area contributed by atoms with Gasteiger partial charge in [0.1, 0.15) is 0 Å². The van der Waals surface area contributed by atoms with Crippen molar-refractivity contribution in [1.82, 2.24) is 19.9 Å². The summed E-state index contributed by atoms with van der Waals surface area (Å²) in [5.74, 6) is 0.657. The van der Waals surface area contributed by atoms with Gasteiger partial charge in [-0.3, -0.25) is 0 Å². The zero-order valence-electron chi connectivity index (χ0n) is 10.6. The smallest absolute Gasteiger partial charge is 0.241 e. The second-order valence-electron chi connectivity index (χ2n) is 4.08. The Labute approximate surface area is 113 Å². The van der Waals surface area contributed by atoms with Crippen LogP contribution in [0.4, 0.5) is 5.95 Å². The molecule has 0 fully saturated rings. The third-order valence-electron chi connectivity index (χ3n) is 2.85. The number of aryl methyl sites for hydroxylation is 1. The standard InChI is InChI=1S/C12H10N8/c1-8-16-17-12(18-19-13)20(8)15-7-9-6-14-11-5-3-2-4-10(9)11/h2-7,14H,1H3/b15-7-. The number of para-hydroxylation sites is 1. The lowest BCUT2D eigenvalue weighted by Crippen LogP contribution is -1.92. The number of aromatic amines is 1. The molecule has 0 amide bonds. The molecule has 0 radical (unpaired) electrons. The van der Waals surface area contributed by atoms with Gasteiger partial charge in [0.2, 0.25) is 5.95 Å². The molecule has 0 aliphatic heterocycles. The van der Waals surface area contributed by atoms with E-state index in [1.165, 1.54) is 4.68 Å². The number of H-pyrrole nitrogens is 1. The lowest BCUT2D eigenvalue weighted by Gasteiger charge is -1.96. The number of nitrogens with zero attached hydrogens (tertiary/aromatic N) is 7. The molecule has 2 aromatic heterocycles. The van der Waals surface area contributed by atoms with Crippen LogP contribution in [-0.4, -0.2) is 26.1 Å². The van der Waals surface area contributed by atoms with Gasteiger partial charge in [-0.25, -0.2) is 0 Å². The van der Waals surface area contributed by atoms with Gasteiger partial charge in [0.05, 0.1) is 6.21 Å². The van der Waals surface area contributed by atoms with Gasteiger partial charge in [0.15, 0.2) is 5.82 Å². The molecule has 98 valence electrons. The maximum atomic E-state index is 8.47. The number of benzene rings is 1. The first-order chi connectivity index (χ1) is 9.79. The summed E-state index contributed by atoms with van der Waals surface area (Å²) in [6, 6.07) is 7.91. The topological polar surface area (TPSA) is 108 Å². The Hall–Kier alpha value is -3.12. The third-order valence-corrected chi connectivity index (χ3v) is 2.85. The Morgan fingerprint density at radius 1 is 1.35 bits per heavy atom. The summed E-state index contributed by atoms with van der Waals surface area (Å²) in [5.41, 5.74) is 10.4. The highest BCUT2D eigenvalue weighted by molar-refractivity contribution is 5.98. The fourth-order valence-electron chi connectivity index (χ4n) is 1.90. The predicted molar refractivity (Wildman–Crippen MR) is 74.9 cm³/mol. The van der Waals surface area contributed by atoms with E-state index >= 15 is 0 Å². The Bertz CT molecular complexity index is 834. The molecule has 0 spiro atoms. The summed E-state index contributed by atoms with van der Waals surface area (Å²) >= 11 is 0. The summed E-state index contributed by atoms with van der Waals surface area (Å²) in [7, 11) is 0. The van der Waals surface area contributed by atoms with Gasteiger partial charge in [-0.2, -0.15) is 9.78 Å². The molecule has 20 heavy (non-hydrogen) atoms. The number of azide groups is 1.